The van der Waals surface area contributed by atoms with Gasteiger partial charge < -0.3 is 5.11 Å². The van der Waals surface area contributed by atoms with Gasteiger partial charge in [0.05, 0.1) is 0 Å². The van der Waals surface area contributed by atoms with E-state index in [1.54, 1.807) is 0 Å². The molecule has 1 N–H and O–H groups in total. The normalized spacial score (nSPS) is 9.44. The van der Waals surface area contributed by atoms with Crippen LogP contribution in [0.3, 0.4) is 0 Å². The molecular formula is C3H4O5S. The summed E-state index contributed by atoms with van der Waals surface area (Å²) < 4.78 is 19.3. The Labute approximate surface area is 52.2 Å². The van der Waals surface area contributed by atoms with Gasteiger partial charge in [0.25, 0.3) is 5.78 Å². The number of carboxylic acids is 1. The van der Waals surface area contributed by atoms with Crippen LogP contribution >= 0.6 is 0 Å². The first-order chi connectivity index (χ1) is 4.04. The minimum absolute atomic E-state index is 0.912. The Morgan fingerprint density at radius 2 is 1.78 bits per heavy atom. The van der Waals surface area contributed by atoms with Crippen molar-refractivity contribution in [2.24, 2.45) is 0 Å². The van der Waals surface area contributed by atoms with E-state index >= 15 is 0 Å². The van der Waals surface area contributed by atoms with E-state index in [0.29, 0.717) is 0 Å². The molecule has 0 aliphatic heterocycles. The summed E-state index contributed by atoms with van der Waals surface area (Å²) in [7, 11) is -2.90. The van der Waals surface area contributed by atoms with Gasteiger partial charge in [0.2, 0.25) is 0 Å². The maximum Gasteiger partial charge on any atom is 0.373 e. The van der Waals surface area contributed by atoms with Crippen molar-refractivity contribution in [3.63, 3.8) is 0 Å². The maximum atomic E-state index is 9.97. The van der Waals surface area contributed by atoms with Gasteiger partial charge in [-0.05, 0) is 0 Å². The Hall–Kier alpha value is -0.910. The number of rotatable bonds is 3. The fourth-order valence-corrected chi connectivity index (χ4v) is 0.555. The minimum Gasteiger partial charge on any atom is -0.475 e. The Kier molecular flexibility index (Phi) is 2.86. The first-order valence-electron chi connectivity index (χ1n) is 1.92. The van der Waals surface area contributed by atoms with Crippen molar-refractivity contribution in [1.29, 1.82) is 0 Å². The van der Waals surface area contributed by atoms with E-state index < -0.39 is 28.2 Å². The van der Waals surface area contributed by atoms with Crippen molar-refractivity contribution in [1.82, 2.24) is 0 Å². The smallest absolute Gasteiger partial charge is 0.373 e. The van der Waals surface area contributed by atoms with Crippen LogP contribution in [0.4, 0.5) is 0 Å². The van der Waals surface area contributed by atoms with Gasteiger partial charge >= 0.3 is 5.97 Å². The van der Waals surface area contributed by atoms with E-state index in [1.807, 2.05) is 0 Å². The average molecular weight is 152 g/mol. The third-order valence-corrected chi connectivity index (χ3v) is 1.06. The predicted molar refractivity (Wildman–Crippen MR) is 27.8 cm³/mol. The SMILES string of the molecule is O=C(O)C(=O)C[SH](=O)=O. The van der Waals surface area contributed by atoms with E-state index in [4.69, 9.17) is 5.11 Å². The number of aliphatic carboxylic acids is 1. The van der Waals surface area contributed by atoms with Gasteiger partial charge in [-0.3, -0.25) is 4.79 Å². The molecule has 0 aromatic carbocycles. The van der Waals surface area contributed by atoms with Crippen LogP contribution in [-0.4, -0.2) is 31.0 Å². The quantitative estimate of drug-likeness (QED) is 0.370. The molecular weight excluding hydrogens is 148 g/mol. The molecule has 0 bridgehead atoms. The summed E-state index contributed by atoms with van der Waals surface area (Å²) >= 11 is 0. The van der Waals surface area contributed by atoms with Crippen molar-refractivity contribution in [2.45, 2.75) is 0 Å². The van der Waals surface area contributed by atoms with Gasteiger partial charge in [0, 0.05) is 0 Å². The van der Waals surface area contributed by atoms with E-state index in [2.05, 4.69) is 0 Å². The molecule has 0 rings (SSSR count). The lowest BCUT2D eigenvalue weighted by molar-refractivity contribution is -0.147. The van der Waals surface area contributed by atoms with Crippen LogP contribution in [-0.2, 0) is 20.3 Å². The standard InChI is InChI=1S/C3H4O5S/c4-2(3(5)6)1-9(7)8/h9H,1H2,(H,5,6). The van der Waals surface area contributed by atoms with Gasteiger partial charge in [-0.1, -0.05) is 0 Å². The summed E-state index contributed by atoms with van der Waals surface area (Å²) in [5.74, 6) is -3.93. The summed E-state index contributed by atoms with van der Waals surface area (Å²) in [6, 6.07) is 0. The first kappa shape index (κ1) is 8.09. The molecule has 0 heterocycles. The molecule has 6 heteroatoms. The molecule has 5 nitrogen and oxygen atoms in total. The predicted octanol–water partition coefficient (Wildman–Crippen LogP) is -1.75. The number of carboxylic acid groups (broad SMARTS) is 1. The molecule has 0 aromatic heterocycles. The first-order valence-corrected chi connectivity index (χ1v) is 3.28. The molecule has 0 saturated heterocycles. The van der Waals surface area contributed by atoms with Crippen molar-refractivity contribution in [3.05, 3.63) is 0 Å². The van der Waals surface area contributed by atoms with Crippen molar-refractivity contribution in [2.75, 3.05) is 5.75 Å². The topological polar surface area (TPSA) is 88.5 Å². The number of hydrogen-bond donors (Lipinski definition) is 2. The minimum atomic E-state index is -2.90. The van der Waals surface area contributed by atoms with Gasteiger partial charge in [-0.25, -0.2) is 13.2 Å². The highest BCUT2D eigenvalue weighted by Crippen LogP contribution is 1.72. The molecule has 0 amide bonds. The number of hydrogen-bond acceptors (Lipinski definition) is 4. The fourth-order valence-electron chi connectivity index (χ4n) is 0.185. The van der Waals surface area contributed by atoms with Crippen molar-refractivity contribution < 1.29 is 23.1 Å². The number of carbonyl (C=O) groups excluding carboxylic acids is 1. The second-order valence-electron chi connectivity index (χ2n) is 1.22. The molecule has 52 valence electrons. The number of carbonyl (C=O) groups is 2. The van der Waals surface area contributed by atoms with E-state index in [9.17, 15) is 18.0 Å². The summed E-state index contributed by atoms with van der Waals surface area (Å²) in [6.45, 7) is 0. The number of Topliss-reactive ketones (excluding diaryl/α,β-unsaturated/α-hetero) is 1. The highest BCUT2D eigenvalue weighted by Gasteiger charge is 2.11. The van der Waals surface area contributed by atoms with Crippen LogP contribution in [0.5, 0.6) is 0 Å². The Morgan fingerprint density at radius 3 is 1.89 bits per heavy atom. The number of thiol groups is 1. The molecule has 0 aromatic rings. The molecule has 0 aliphatic rings. The lowest BCUT2D eigenvalue weighted by Gasteiger charge is -1.81. The van der Waals surface area contributed by atoms with E-state index in [0.717, 1.165) is 0 Å². The van der Waals surface area contributed by atoms with E-state index in [1.165, 1.54) is 0 Å². The zero-order valence-electron chi connectivity index (χ0n) is 4.23. The van der Waals surface area contributed by atoms with Crippen LogP contribution in [0.2, 0.25) is 0 Å². The maximum absolute atomic E-state index is 9.97. The Balaban J connectivity index is 3.94. The largest absolute Gasteiger partial charge is 0.475 e. The third kappa shape index (κ3) is 3.65. The van der Waals surface area contributed by atoms with Gasteiger partial charge in [-0.15, -0.1) is 0 Å². The second-order valence-corrected chi connectivity index (χ2v) is 2.20. The highest BCUT2D eigenvalue weighted by atomic mass is 32.2. The zero-order valence-corrected chi connectivity index (χ0v) is 5.13. The lowest BCUT2D eigenvalue weighted by atomic mass is 10.5. The van der Waals surface area contributed by atoms with Crippen molar-refractivity contribution >= 4 is 22.5 Å². The third-order valence-electron chi connectivity index (χ3n) is 0.511. The van der Waals surface area contributed by atoms with Crippen molar-refractivity contribution in [3.8, 4) is 0 Å². The number of ketones is 1. The lowest BCUT2D eigenvalue weighted by Crippen LogP contribution is -2.17. The summed E-state index contributed by atoms with van der Waals surface area (Å²) in [4.78, 5) is 19.6. The van der Waals surface area contributed by atoms with E-state index in [-0.39, 0.29) is 0 Å². The average Bonchev–Trinajstić information content (AvgIpc) is 1.63. The summed E-state index contributed by atoms with van der Waals surface area (Å²) in [5.41, 5.74) is 0. The van der Waals surface area contributed by atoms with Crippen LogP contribution in [0, 0.1) is 0 Å². The highest BCUT2D eigenvalue weighted by molar-refractivity contribution is 7.73. The van der Waals surface area contributed by atoms with Gasteiger partial charge in [0.15, 0.2) is 0 Å². The summed E-state index contributed by atoms with van der Waals surface area (Å²) in [6.07, 6.45) is 0. The Morgan fingerprint density at radius 1 is 1.33 bits per heavy atom. The van der Waals surface area contributed by atoms with Crippen LogP contribution < -0.4 is 0 Å². The molecule has 9 heavy (non-hydrogen) atoms. The second kappa shape index (κ2) is 3.18. The monoisotopic (exact) mass is 152 g/mol. The molecule has 0 atom stereocenters. The van der Waals surface area contributed by atoms with Gasteiger partial charge in [0.1, 0.15) is 16.5 Å². The molecule has 0 aliphatic carbocycles. The molecule has 0 unspecified atom stereocenters. The zero-order chi connectivity index (χ0) is 7.44. The molecule has 0 spiro atoms. The van der Waals surface area contributed by atoms with Crippen LogP contribution in [0.15, 0.2) is 0 Å². The fraction of sp³-hybridized carbons (Fsp3) is 0.333. The summed E-state index contributed by atoms with van der Waals surface area (Å²) in [5, 5.41) is 7.81. The Bertz CT molecular complexity index is 194. The van der Waals surface area contributed by atoms with Crippen LogP contribution in [0.1, 0.15) is 0 Å². The van der Waals surface area contributed by atoms with Crippen LogP contribution in [0.25, 0.3) is 0 Å². The molecule has 0 fully saturated rings. The molecule has 0 radical (unpaired) electrons. The van der Waals surface area contributed by atoms with Gasteiger partial charge in [-0.2, -0.15) is 0 Å². The molecule has 0 saturated carbocycles.